The molecule has 0 aliphatic carbocycles. The van der Waals surface area contributed by atoms with Crippen molar-refractivity contribution < 1.29 is 4.79 Å². The van der Waals surface area contributed by atoms with Crippen molar-refractivity contribution in [1.82, 2.24) is 25.2 Å². The highest BCUT2D eigenvalue weighted by Crippen LogP contribution is 2.13. The van der Waals surface area contributed by atoms with Crippen LogP contribution in [0.25, 0.3) is 11.0 Å². The van der Waals surface area contributed by atoms with Crippen LogP contribution in [-0.4, -0.2) is 45.4 Å². The van der Waals surface area contributed by atoms with Gasteiger partial charge < -0.3 is 5.32 Å². The van der Waals surface area contributed by atoms with Gasteiger partial charge in [0, 0.05) is 25.2 Å². The minimum absolute atomic E-state index is 0.0221. The zero-order valence-corrected chi connectivity index (χ0v) is 15.5. The molecular formula is C21H25N5O. The Hall–Kier alpha value is -2.73. The predicted molar refractivity (Wildman–Crippen MR) is 105 cm³/mol. The molecule has 140 valence electrons. The van der Waals surface area contributed by atoms with Crippen LogP contribution in [0, 0.1) is 0 Å². The van der Waals surface area contributed by atoms with Crippen molar-refractivity contribution in [3.8, 4) is 0 Å². The number of nitrogens with zero attached hydrogens (tertiary/aromatic N) is 4. The fourth-order valence-electron chi connectivity index (χ4n) is 3.58. The lowest BCUT2D eigenvalue weighted by atomic mass is 10.1. The minimum Gasteiger partial charge on any atom is -0.352 e. The van der Waals surface area contributed by atoms with Gasteiger partial charge in [-0.1, -0.05) is 29.5 Å². The summed E-state index contributed by atoms with van der Waals surface area (Å²) < 4.78 is 1.88. The Bertz CT molecular complexity index is 896. The molecule has 1 saturated heterocycles. The molecule has 3 aromatic rings. The van der Waals surface area contributed by atoms with Crippen molar-refractivity contribution in [3.63, 3.8) is 0 Å². The van der Waals surface area contributed by atoms with Crippen LogP contribution < -0.4 is 5.32 Å². The van der Waals surface area contributed by atoms with E-state index in [9.17, 15) is 4.79 Å². The Labute approximate surface area is 159 Å². The molecule has 0 radical (unpaired) electrons. The van der Waals surface area contributed by atoms with Crippen LogP contribution >= 0.6 is 0 Å². The summed E-state index contributed by atoms with van der Waals surface area (Å²) >= 11 is 0. The molecule has 0 bridgehead atoms. The van der Waals surface area contributed by atoms with Gasteiger partial charge >= 0.3 is 0 Å². The van der Waals surface area contributed by atoms with E-state index < -0.39 is 0 Å². The van der Waals surface area contributed by atoms with Crippen LogP contribution in [0.4, 0.5) is 0 Å². The number of hydrogen-bond acceptors (Lipinski definition) is 4. The van der Waals surface area contributed by atoms with Crippen LogP contribution in [0.1, 0.15) is 35.2 Å². The van der Waals surface area contributed by atoms with Gasteiger partial charge in [0.2, 0.25) is 0 Å². The number of benzene rings is 2. The standard InChI is InChI=1S/C21H25N5O/c27-21(18-10-8-17(9-11-18)16-25-13-3-4-14-25)22-12-5-15-26-20-7-2-1-6-19(20)23-24-26/h1-2,6-11H,3-5,12-16H2,(H,22,27). The van der Waals surface area contributed by atoms with Gasteiger partial charge in [0.25, 0.3) is 5.91 Å². The topological polar surface area (TPSA) is 63.1 Å². The van der Waals surface area contributed by atoms with Gasteiger partial charge in [0.1, 0.15) is 5.52 Å². The van der Waals surface area contributed by atoms with Gasteiger partial charge in [-0.05, 0) is 62.2 Å². The second-order valence-electron chi connectivity index (χ2n) is 7.09. The highest BCUT2D eigenvalue weighted by atomic mass is 16.1. The average molecular weight is 363 g/mol. The Morgan fingerprint density at radius 1 is 1.04 bits per heavy atom. The van der Waals surface area contributed by atoms with E-state index in [-0.39, 0.29) is 5.91 Å². The Morgan fingerprint density at radius 3 is 2.63 bits per heavy atom. The maximum Gasteiger partial charge on any atom is 0.251 e. The summed E-state index contributed by atoms with van der Waals surface area (Å²) in [4.78, 5) is 14.8. The molecule has 0 spiro atoms. The first-order valence-electron chi connectivity index (χ1n) is 9.67. The second-order valence-corrected chi connectivity index (χ2v) is 7.09. The van der Waals surface area contributed by atoms with E-state index in [1.807, 2.05) is 41.1 Å². The first-order chi connectivity index (χ1) is 13.3. The van der Waals surface area contributed by atoms with Crippen LogP contribution in [0.5, 0.6) is 0 Å². The van der Waals surface area contributed by atoms with Gasteiger partial charge in [0.05, 0.1) is 5.52 Å². The number of fused-ring (bicyclic) bond motifs is 1. The Kier molecular flexibility index (Phi) is 5.44. The first-order valence-corrected chi connectivity index (χ1v) is 9.67. The molecule has 2 aromatic carbocycles. The van der Waals surface area contributed by atoms with Gasteiger partial charge in [-0.3, -0.25) is 9.69 Å². The lowest BCUT2D eigenvalue weighted by Crippen LogP contribution is -2.25. The number of para-hydroxylation sites is 1. The smallest absolute Gasteiger partial charge is 0.251 e. The molecule has 27 heavy (non-hydrogen) atoms. The summed E-state index contributed by atoms with van der Waals surface area (Å²) in [6, 6.07) is 15.9. The van der Waals surface area contributed by atoms with E-state index in [4.69, 9.17) is 0 Å². The molecule has 2 heterocycles. The third-order valence-corrected chi connectivity index (χ3v) is 5.07. The van der Waals surface area contributed by atoms with Gasteiger partial charge in [-0.2, -0.15) is 0 Å². The molecule has 1 amide bonds. The third kappa shape index (κ3) is 4.34. The molecule has 1 aromatic heterocycles. The number of amides is 1. The monoisotopic (exact) mass is 363 g/mol. The molecule has 1 aliphatic heterocycles. The predicted octanol–water partition coefficient (Wildman–Crippen LogP) is 2.85. The summed E-state index contributed by atoms with van der Waals surface area (Å²) in [5, 5.41) is 11.3. The number of nitrogens with one attached hydrogen (secondary N) is 1. The molecule has 4 rings (SSSR count). The normalized spacial score (nSPS) is 14.7. The summed E-state index contributed by atoms with van der Waals surface area (Å²) in [6.07, 6.45) is 3.40. The van der Waals surface area contributed by atoms with Crippen LogP contribution in [0.2, 0.25) is 0 Å². The zero-order chi connectivity index (χ0) is 18.5. The average Bonchev–Trinajstić information content (AvgIpc) is 3.36. The summed E-state index contributed by atoms with van der Waals surface area (Å²) in [6.45, 7) is 4.69. The van der Waals surface area contributed by atoms with E-state index in [0.29, 0.717) is 12.1 Å². The number of carbonyl (C=O) groups is 1. The molecule has 1 aliphatic rings. The number of rotatable bonds is 7. The quantitative estimate of drug-likeness (QED) is 0.656. The number of aromatic nitrogens is 3. The molecule has 6 nitrogen and oxygen atoms in total. The zero-order valence-electron chi connectivity index (χ0n) is 15.5. The lowest BCUT2D eigenvalue weighted by Gasteiger charge is -2.14. The van der Waals surface area contributed by atoms with Crippen molar-refractivity contribution >= 4 is 16.9 Å². The molecule has 0 unspecified atom stereocenters. The number of carbonyl (C=O) groups excluding carboxylic acids is 1. The maximum atomic E-state index is 12.3. The minimum atomic E-state index is -0.0221. The summed E-state index contributed by atoms with van der Waals surface area (Å²) in [5.74, 6) is -0.0221. The van der Waals surface area contributed by atoms with Crippen molar-refractivity contribution in [2.24, 2.45) is 0 Å². The SMILES string of the molecule is O=C(NCCCn1nnc2ccccc21)c1ccc(CN2CCCC2)cc1. The molecule has 6 heteroatoms. The summed E-state index contributed by atoms with van der Waals surface area (Å²) in [5.41, 5.74) is 3.91. The van der Waals surface area contributed by atoms with E-state index in [1.54, 1.807) is 0 Å². The largest absolute Gasteiger partial charge is 0.352 e. The third-order valence-electron chi connectivity index (χ3n) is 5.07. The molecule has 1 fully saturated rings. The molecular weight excluding hydrogens is 338 g/mol. The van der Waals surface area contributed by atoms with Crippen molar-refractivity contribution in [2.75, 3.05) is 19.6 Å². The fraction of sp³-hybridized carbons (Fsp3) is 0.381. The van der Waals surface area contributed by atoms with Crippen LogP contribution in [0.15, 0.2) is 48.5 Å². The van der Waals surface area contributed by atoms with Crippen LogP contribution in [0.3, 0.4) is 0 Å². The summed E-state index contributed by atoms with van der Waals surface area (Å²) in [7, 11) is 0. The van der Waals surface area contributed by atoms with E-state index >= 15 is 0 Å². The molecule has 0 atom stereocenters. The van der Waals surface area contributed by atoms with Gasteiger partial charge in [-0.15, -0.1) is 5.10 Å². The van der Waals surface area contributed by atoms with Crippen LogP contribution in [-0.2, 0) is 13.1 Å². The molecule has 0 saturated carbocycles. The van der Waals surface area contributed by atoms with Crippen molar-refractivity contribution in [3.05, 3.63) is 59.7 Å². The van der Waals surface area contributed by atoms with E-state index in [2.05, 4.69) is 32.7 Å². The number of aryl methyl sites for hydroxylation is 1. The Balaban J connectivity index is 1.24. The Morgan fingerprint density at radius 2 is 1.81 bits per heavy atom. The second kappa shape index (κ2) is 8.31. The lowest BCUT2D eigenvalue weighted by molar-refractivity contribution is 0.0952. The van der Waals surface area contributed by atoms with E-state index in [1.165, 1.54) is 31.5 Å². The first kappa shape index (κ1) is 17.7. The van der Waals surface area contributed by atoms with Gasteiger partial charge in [-0.25, -0.2) is 4.68 Å². The van der Waals surface area contributed by atoms with Crippen molar-refractivity contribution in [2.45, 2.75) is 32.4 Å². The van der Waals surface area contributed by atoms with E-state index in [0.717, 1.165) is 30.5 Å². The van der Waals surface area contributed by atoms with Crippen molar-refractivity contribution in [1.29, 1.82) is 0 Å². The molecule has 1 N–H and O–H groups in total. The maximum absolute atomic E-state index is 12.3. The highest BCUT2D eigenvalue weighted by molar-refractivity contribution is 5.94. The fourth-order valence-corrected chi connectivity index (χ4v) is 3.58. The number of likely N-dealkylation sites (tertiary alicyclic amines) is 1. The highest BCUT2D eigenvalue weighted by Gasteiger charge is 2.12. The van der Waals surface area contributed by atoms with Gasteiger partial charge in [0.15, 0.2) is 0 Å². The number of hydrogen-bond donors (Lipinski definition) is 1.